The number of hydrogen-bond donors (Lipinski definition) is 2. The van der Waals surface area contributed by atoms with Crippen molar-refractivity contribution in [2.45, 2.75) is 19.5 Å². The number of amides is 1. The lowest BCUT2D eigenvalue weighted by molar-refractivity contribution is -0.121. The molecule has 1 heterocycles. The molecule has 2 N–H and O–H groups in total. The van der Waals surface area contributed by atoms with Gasteiger partial charge in [-0.1, -0.05) is 42.5 Å². The number of anilines is 1. The fourth-order valence-electron chi connectivity index (χ4n) is 2.96. The molecule has 4 aromatic rings. The van der Waals surface area contributed by atoms with Gasteiger partial charge in [0, 0.05) is 17.8 Å². The van der Waals surface area contributed by atoms with E-state index in [1.807, 2.05) is 79.7 Å². The highest BCUT2D eigenvalue weighted by Gasteiger charge is 2.12. The smallest absolute Gasteiger partial charge is 0.242 e. The van der Waals surface area contributed by atoms with Crippen LogP contribution in [0.4, 0.5) is 5.69 Å². The van der Waals surface area contributed by atoms with Crippen LogP contribution in [0.2, 0.25) is 0 Å². The van der Waals surface area contributed by atoms with E-state index >= 15 is 0 Å². The largest absolute Gasteiger partial charge is 0.374 e. The number of thiazole rings is 1. The minimum Gasteiger partial charge on any atom is -0.374 e. The molecular weight excluding hydrogens is 366 g/mol. The molecule has 0 bridgehead atoms. The van der Waals surface area contributed by atoms with E-state index in [1.54, 1.807) is 11.3 Å². The quantitative estimate of drug-likeness (QED) is 0.485. The Morgan fingerprint density at radius 1 is 0.964 bits per heavy atom. The number of rotatable bonds is 6. The lowest BCUT2D eigenvalue weighted by atomic mass is 10.2. The molecule has 0 aliphatic carbocycles. The van der Waals surface area contributed by atoms with Crippen LogP contribution in [0.1, 0.15) is 12.5 Å². The number of nitrogens with one attached hydrogen (secondary N) is 2. The Hall–Kier alpha value is -3.18. The van der Waals surface area contributed by atoms with Crippen LogP contribution in [0.15, 0.2) is 78.9 Å². The average molecular weight is 388 g/mol. The number of hydrogen-bond acceptors (Lipinski definition) is 4. The zero-order chi connectivity index (χ0) is 19.3. The van der Waals surface area contributed by atoms with E-state index in [-0.39, 0.29) is 11.9 Å². The van der Waals surface area contributed by atoms with E-state index in [2.05, 4.69) is 21.7 Å². The Kier molecular flexibility index (Phi) is 5.35. The van der Waals surface area contributed by atoms with E-state index in [4.69, 9.17) is 0 Å². The molecule has 0 radical (unpaired) electrons. The second-order valence-corrected chi connectivity index (χ2v) is 7.66. The van der Waals surface area contributed by atoms with Gasteiger partial charge >= 0.3 is 0 Å². The predicted octanol–water partition coefficient (Wildman–Crippen LogP) is 5.08. The average Bonchev–Trinajstić information content (AvgIpc) is 3.17. The minimum absolute atomic E-state index is 0.0286. The zero-order valence-corrected chi connectivity index (χ0v) is 16.4. The lowest BCUT2D eigenvalue weighted by Gasteiger charge is -2.15. The minimum atomic E-state index is -0.322. The van der Waals surface area contributed by atoms with Crippen LogP contribution in [0.5, 0.6) is 0 Å². The Labute approximate surface area is 168 Å². The summed E-state index contributed by atoms with van der Waals surface area (Å²) in [6.45, 7) is 2.39. The highest BCUT2D eigenvalue weighted by Crippen LogP contribution is 2.30. The molecule has 5 heteroatoms. The van der Waals surface area contributed by atoms with Crippen LogP contribution in [0, 0.1) is 0 Å². The first-order valence-electron chi connectivity index (χ1n) is 9.23. The molecule has 0 saturated heterocycles. The van der Waals surface area contributed by atoms with E-state index in [0.717, 1.165) is 27.3 Å². The van der Waals surface area contributed by atoms with E-state index in [0.29, 0.717) is 6.54 Å². The molecule has 3 aromatic carbocycles. The van der Waals surface area contributed by atoms with Crippen molar-refractivity contribution in [3.8, 4) is 10.6 Å². The first-order chi connectivity index (χ1) is 13.7. The zero-order valence-electron chi connectivity index (χ0n) is 15.6. The van der Waals surface area contributed by atoms with Crippen LogP contribution in [-0.4, -0.2) is 16.9 Å². The number of nitrogens with zero attached hydrogens (tertiary/aromatic N) is 1. The van der Waals surface area contributed by atoms with Gasteiger partial charge in [0.25, 0.3) is 0 Å². The third kappa shape index (κ3) is 4.21. The summed E-state index contributed by atoms with van der Waals surface area (Å²) in [6.07, 6.45) is 0. The Balaban J connectivity index is 1.37. The summed E-state index contributed by atoms with van der Waals surface area (Å²) < 4.78 is 1.18. The standard InChI is InChI=1S/C23H21N3OS/c1-16(22(27)24-15-17-7-3-2-4-8-17)25-19-13-11-18(12-14-19)23-26-20-9-5-6-10-21(20)28-23/h2-14,16,25H,15H2,1H3,(H,24,27)/t16-/m0/s1. The van der Waals surface area contributed by atoms with Crippen molar-refractivity contribution in [2.75, 3.05) is 5.32 Å². The maximum atomic E-state index is 12.3. The van der Waals surface area contributed by atoms with E-state index in [1.165, 1.54) is 4.70 Å². The predicted molar refractivity (Wildman–Crippen MR) is 116 cm³/mol. The van der Waals surface area contributed by atoms with Crippen LogP contribution >= 0.6 is 11.3 Å². The number of benzene rings is 3. The van der Waals surface area contributed by atoms with Gasteiger partial charge in [-0.25, -0.2) is 4.98 Å². The number of para-hydroxylation sites is 1. The van der Waals surface area contributed by atoms with Gasteiger partial charge in [-0.05, 0) is 48.9 Å². The summed E-state index contributed by atoms with van der Waals surface area (Å²) in [5, 5.41) is 7.22. The van der Waals surface area contributed by atoms with Crippen molar-refractivity contribution in [1.29, 1.82) is 0 Å². The highest BCUT2D eigenvalue weighted by atomic mass is 32.1. The number of carbonyl (C=O) groups excluding carboxylic acids is 1. The van der Waals surface area contributed by atoms with Crippen molar-refractivity contribution in [3.05, 3.63) is 84.4 Å². The number of fused-ring (bicyclic) bond motifs is 1. The molecule has 28 heavy (non-hydrogen) atoms. The van der Waals surface area contributed by atoms with E-state index < -0.39 is 0 Å². The van der Waals surface area contributed by atoms with Crippen molar-refractivity contribution >= 4 is 33.1 Å². The maximum absolute atomic E-state index is 12.3. The molecule has 0 saturated carbocycles. The second-order valence-electron chi connectivity index (χ2n) is 6.63. The maximum Gasteiger partial charge on any atom is 0.242 e. The summed E-state index contributed by atoms with van der Waals surface area (Å²) in [5.74, 6) is -0.0286. The van der Waals surface area contributed by atoms with Crippen LogP contribution in [-0.2, 0) is 11.3 Å². The normalized spacial score (nSPS) is 11.9. The molecule has 1 amide bonds. The van der Waals surface area contributed by atoms with Crippen molar-refractivity contribution < 1.29 is 4.79 Å². The van der Waals surface area contributed by atoms with Gasteiger partial charge in [-0.3, -0.25) is 4.79 Å². The highest BCUT2D eigenvalue weighted by molar-refractivity contribution is 7.21. The molecule has 140 valence electrons. The third-order valence-corrected chi connectivity index (χ3v) is 5.60. The summed E-state index contributed by atoms with van der Waals surface area (Å²) in [5.41, 5.74) is 4.09. The molecule has 0 spiro atoms. The lowest BCUT2D eigenvalue weighted by Crippen LogP contribution is -2.37. The van der Waals surface area contributed by atoms with Gasteiger partial charge in [0.1, 0.15) is 11.0 Å². The first-order valence-corrected chi connectivity index (χ1v) is 10.0. The van der Waals surface area contributed by atoms with Crippen LogP contribution in [0.3, 0.4) is 0 Å². The first kappa shape index (κ1) is 18.2. The Bertz CT molecular complexity index is 1040. The van der Waals surface area contributed by atoms with Crippen LogP contribution in [0.25, 0.3) is 20.8 Å². The third-order valence-electron chi connectivity index (χ3n) is 4.51. The molecule has 1 aromatic heterocycles. The molecule has 0 unspecified atom stereocenters. The Morgan fingerprint density at radius 2 is 1.68 bits per heavy atom. The second kappa shape index (κ2) is 8.23. The fraction of sp³-hybridized carbons (Fsp3) is 0.130. The summed E-state index contributed by atoms with van der Waals surface area (Å²) in [4.78, 5) is 17.0. The van der Waals surface area contributed by atoms with Gasteiger partial charge < -0.3 is 10.6 Å². The molecule has 4 rings (SSSR count). The van der Waals surface area contributed by atoms with Gasteiger partial charge in [-0.15, -0.1) is 11.3 Å². The van der Waals surface area contributed by atoms with Crippen molar-refractivity contribution in [1.82, 2.24) is 10.3 Å². The number of aromatic nitrogens is 1. The summed E-state index contributed by atoms with van der Waals surface area (Å²) in [7, 11) is 0. The molecule has 0 aliphatic rings. The molecule has 0 fully saturated rings. The molecular formula is C23H21N3OS. The van der Waals surface area contributed by atoms with Gasteiger partial charge in [0.15, 0.2) is 0 Å². The summed E-state index contributed by atoms with van der Waals surface area (Å²) in [6, 6.07) is 25.8. The fourth-order valence-corrected chi connectivity index (χ4v) is 3.93. The molecule has 0 aliphatic heterocycles. The summed E-state index contributed by atoms with van der Waals surface area (Å²) >= 11 is 1.68. The van der Waals surface area contributed by atoms with Gasteiger partial charge in [0.05, 0.1) is 10.2 Å². The SMILES string of the molecule is C[C@H](Nc1ccc(-c2nc3ccccc3s2)cc1)C(=O)NCc1ccccc1. The van der Waals surface area contributed by atoms with E-state index in [9.17, 15) is 4.79 Å². The molecule has 1 atom stereocenters. The Morgan fingerprint density at radius 3 is 2.43 bits per heavy atom. The topological polar surface area (TPSA) is 54.0 Å². The molecule has 4 nitrogen and oxygen atoms in total. The number of carbonyl (C=O) groups is 1. The van der Waals surface area contributed by atoms with Gasteiger partial charge in [0.2, 0.25) is 5.91 Å². The van der Waals surface area contributed by atoms with Gasteiger partial charge in [-0.2, -0.15) is 0 Å². The van der Waals surface area contributed by atoms with Crippen LogP contribution < -0.4 is 10.6 Å². The van der Waals surface area contributed by atoms with Crippen molar-refractivity contribution in [3.63, 3.8) is 0 Å². The monoisotopic (exact) mass is 387 g/mol. The van der Waals surface area contributed by atoms with Crippen molar-refractivity contribution in [2.24, 2.45) is 0 Å².